The summed E-state index contributed by atoms with van der Waals surface area (Å²) in [5, 5.41) is 6.77. The van der Waals surface area contributed by atoms with E-state index in [0.29, 0.717) is 0 Å². The molecule has 19 heavy (non-hydrogen) atoms. The maximum atomic E-state index is 4.44. The molecule has 3 nitrogen and oxygen atoms in total. The summed E-state index contributed by atoms with van der Waals surface area (Å²) in [5.41, 5.74) is 1.01. The monoisotopic (exact) mass is 379 g/mol. The molecule has 0 amide bonds. The molecule has 0 aliphatic heterocycles. The molecule has 2 aromatic carbocycles. The van der Waals surface area contributed by atoms with E-state index in [9.17, 15) is 0 Å². The zero-order valence-electron chi connectivity index (χ0n) is 10.0. The molecule has 94 valence electrons. The molecule has 0 bridgehead atoms. The molecule has 0 saturated heterocycles. The average molecular weight is 379 g/mol. The van der Waals surface area contributed by atoms with Crippen molar-refractivity contribution in [2.24, 2.45) is 0 Å². The topological polar surface area (TPSA) is 30.7 Å². The molecule has 0 spiro atoms. The largest absolute Gasteiger partial charge is 0.214 e. The van der Waals surface area contributed by atoms with Crippen LogP contribution in [0.25, 0.3) is 0 Å². The number of aromatic nitrogens is 3. The Labute approximate surface area is 126 Å². The van der Waals surface area contributed by atoms with Crippen molar-refractivity contribution in [1.82, 2.24) is 13.0 Å². The predicted octanol–water partition coefficient (Wildman–Crippen LogP) is 2.23. The van der Waals surface area contributed by atoms with Gasteiger partial charge in [0, 0.05) is 7.92 Å². The van der Waals surface area contributed by atoms with E-state index in [2.05, 4.69) is 81.5 Å². The first kappa shape index (κ1) is 12.8. The fraction of sp³-hybridized carbons (Fsp3) is 0. The van der Waals surface area contributed by atoms with E-state index in [0.717, 1.165) is 5.57 Å². The van der Waals surface area contributed by atoms with Gasteiger partial charge in [0.1, 0.15) is 6.33 Å². The van der Waals surface area contributed by atoms with Crippen molar-refractivity contribution in [3.05, 3.63) is 67.0 Å². The Balaban J connectivity index is 2.15. The van der Waals surface area contributed by atoms with Gasteiger partial charge < -0.3 is 0 Å². The molecule has 0 atom stereocenters. The summed E-state index contributed by atoms with van der Waals surface area (Å²) in [6.45, 7) is 0. The van der Waals surface area contributed by atoms with Crippen LogP contribution in [0.3, 0.4) is 0 Å². The lowest BCUT2D eigenvalue weighted by molar-refractivity contribution is 1.08. The average Bonchev–Trinajstić information content (AvgIpc) is 2.88. The molecule has 0 N–H and O–H groups in total. The molecule has 0 saturated carbocycles. The highest BCUT2D eigenvalue weighted by atomic mass is 127. The Bertz CT molecular complexity index is 615. The molecule has 1 heterocycles. The normalized spacial score (nSPS) is 10.8. The van der Waals surface area contributed by atoms with Crippen LogP contribution >= 0.6 is 30.8 Å². The molecule has 0 fully saturated rings. The van der Waals surface area contributed by atoms with E-state index in [4.69, 9.17) is 0 Å². The molecule has 1 aromatic heterocycles. The molecule has 3 rings (SSSR count). The molecular weight excluding hydrogens is 368 g/mol. The summed E-state index contributed by atoms with van der Waals surface area (Å²) >= 11 is 2.18. The predicted molar refractivity (Wildman–Crippen MR) is 88.1 cm³/mol. The van der Waals surface area contributed by atoms with Gasteiger partial charge in [0.15, 0.2) is 5.57 Å². The first-order chi connectivity index (χ1) is 9.36. The Morgan fingerprint density at radius 2 is 1.37 bits per heavy atom. The van der Waals surface area contributed by atoms with Gasteiger partial charge in [0.25, 0.3) is 0 Å². The van der Waals surface area contributed by atoms with Crippen LogP contribution in [0.4, 0.5) is 0 Å². The van der Waals surface area contributed by atoms with Crippen molar-refractivity contribution in [3.8, 4) is 0 Å². The van der Waals surface area contributed by atoms with Crippen LogP contribution in [0.15, 0.2) is 67.0 Å². The van der Waals surface area contributed by atoms with Gasteiger partial charge in [-0.25, -0.2) is 4.98 Å². The van der Waals surface area contributed by atoms with Crippen LogP contribution in [0, 0.1) is 0 Å². The van der Waals surface area contributed by atoms with E-state index < -0.39 is 7.92 Å². The summed E-state index contributed by atoms with van der Waals surface area (Å²) in [5.74, 6) is 0. The van der Waals surface area contributed by atoms with Gasteiger partial charge in [-0.05, 0) is 10.6 Å². The van der Waals surface area contributed by atoms with Crippen molar-refractivity contribution < 1.29 is 0 Å². The maximum Gasteiger partial charge on any atom is 0.168 e. The number of rotatable bonds is 3. The molecule has 0 unspecified atom stereocenters. The van der Waals surface area contributed by atoms with E-state index >= 15 is 0 Å². The van der Waals surface area contributed by atoms with Gasteiger partial charge in [-0.3, -0.25) is 0 Å². The summed E-state index contributed by atoms with van der Waals surface area (Å²) in [6, 6.07) is 21.0. The van der Waals surface area contributed by atoms with Gasteiger partial charge in [0.05, 0.1) is 22.9 Å². The number of hydrogen-bond acceptors (Lipinski definition) is 2. The van der Waals surface area contributed by atoms with Crippen LogP contribution in [-0.4, -0.2) is 13.0 Å². The fourth-order valence-electron chi connectivity index (χ4n) is 1.90. The van der Waals surface area contributed by atoms with Crippen molar-refractivity contribution in [2.45, 2.75) is 0 Å². The lowest BCUT2D eigenvalue weighted by atomic mass is 10.4. The third-order valence-corrected chi connectivity index (χ3v) is 6.14. The molecule has 0 aliphatic carbocycles. The number of hydrogen-bond donors (Lipinski definition) is 0. The highest BCUT2D eigenvalue weighted by Crippen LogP contribution is 2.31. The van der Waals surface area contributed by atoms with Crippen molar-refractivity contribution in [1.29, 1.82) is 0 Å². The lowest BCUT2D eigenvalue weighted by Crippen LogP contribution is -2.25. The zero-order valence-corrected chi connectivity index (χ0v) is 13.1. The Hall–Kier alpha value is -1.26. The summed E-state index contributed by atoms with van der Waals surface area (Å²) in [6.07, 6.45) is 1.61. The second-order valence-corrected chi connectivity index (χ2v) is 6.94. The van der Waals surface area contributed by atoms with Crippen LogP contribution in [0.5, 0.6) is 0 Å². The van der Waals surface area contributed by atoms with Crippen LogP contribution in [0.1, 0.15) is 0 Å². The molecule has 0 aliphatic rings. The molecule has 5 heteroatoms. The minimum absolute atomic E-state index is 0.648. The number of nitrogens with zero attached hydrogens (tertiary/aromatic N) is 3. The first-order valence-corrected chi connectivity index (χ1v) is 8.13. The van der Waals surface area contributed by atoms with Gasteiger partial charge in [-0.2, -0.15) is 2.90 Å². The second kappa shape index (κ2) is 5.80. The van der Waals surface area contributed by atoms with Crippen molar-refractivity contribution >= 4 is 47.0 Å². The summed E-state index contributed by atoms with van der Waals surface area (Å²) in [7, 11) is -0.648. The standard InChI is InChI=1S/C14H11IN3P/c15-18-14(16-11-17-18)19(12-7-3-1-4-8-12)13-9-5-2-6-10-13/h1-11H. The highest BCUT2D eigenvalue weighted by molar-refractivity contribution is 14.1. The zero-order chi connectivity index (χ0) is 13.1. The maximum absolute atomic E-state index is 4.44. The lowest BCUT2D eigenvalue weighted by Gasteiger charge is -2.16. The molecular formula is C14H11IN3P. The molecule has 3 aromatic rings. The van der Waals surface area contributed by atoms with Crippen molar-refractivity contribution in [2.75, 3.05) is 0 Å². The van der Waals surface area contributed by atoms with E-state index in [1.165, 1.54) is 10.6 Å². The van der Waals surface area contributed by atoms with E-state index in [1.54, 1.807) is 6.33 Å². The van der Waals surface area contributed by atoms with Gasteiger partial charge >= 0.3 is 0 Å². The summed E-state index contributed by atoms with van der Waals surface area (Å²) in [4.78, 5) is 4.44. The van der Waals surface area contributed by atoms with Gasteiger partial charge in [-0.1, -0.05) is 60.7 Å². The highest BCUT2D eigenvalue weighted by Gasteiger charge is 2.20. The molecule has 0 radical (unpaired) electrons. The van der Waals surface area contributed by atoms with Crippen molar-refractivity contribution in [3.63, 3.8) is 0 Å². The van der Waals surface area contributed by atoms with Crippen LogP contribution in [0.2, 0.25) is 0 Å². The Kier molecular flexibility index (Phi) is 3.89. The first-order valence-electron chi connectivity index (χ1n) is 5.82. The third-order valence-electron chi connectivity index (χ3n) is 2.72. The smallest absolute Gasteiger partial charge is 0.168 e. The summed E-state index contributed by atoms with van der Waals surface area (Å²) < 4.78 is 1.84. The van der Waals surface area contributed by atoms with Gasteiger partial charge in [-0.15, -0.1) is 5.10 Å². The SMILES string of the molecule is In1ncnc1P(c1ccccc1)c1ccccc1. The fourth-order valence-corrected chi connectivity index (χ4v) is 4.86. The Morgan fingerprint density at radius 1 is 0.842 bits per heavy atom. The van der Waals surface area contributed by atoms with Crippen LogP contribution in [-0.2, 0) is 0 Å². The quantitative estimate of drug-likeness (QED) is 0.516. The minimum Gasteiger partial charge on any atom is -0.214 e. The number of halogens is 1. The van der Waals surface area contributed by atoms with E-state index in [-0.39, 0.29) is 0 Å². The van der Waals surface area contributed by atoms with E-state index in [1.807, 2.05) is 15.0 Å². The third kappa shape index (κ3) is 2.69. The Morgan fingerprint density at radius 3 is 1.79 bits per heavy atom. The van der Waals surface area contributed by atoms with Gasteiger partial charge in [0.2, 0.25) is 0 Å². The number of benzene rings is 2. The second-order valence-electron chi connectivity index (χ2n) is 3.93. The minimum atomic E-state index is -0.648. The van der Waals surface area contributed by atoms with Crippen LogP contribution < -0.4 is 16.2 Å².